The van der Waals surface area contributed by atoms with E-state index >= 15 is 0 Å². The molecule has 1 atom stereocenters. The van der Waals surface area contributed by atoms with Crippen molar-refractivity contribution in [2.45, 2.75) is 39.5 Å². The van der Waals surface area contributed by atoms with E-state index in [1.165, 1.54) is 25.9 Å². The summed E-state index contributed by atoms with van der Waals surface area (Å²) in [6.07, 6.45) is 4.47. The molecule has 0 aliphatic carbocycles. The second-order valence-corrected chi connectivity index (χ2v) is 5.18. The number of nitrogens with zero attached hydrogens (tertiary/aromatic N) is 1. The summed E-state index contributed by atoms with van der Waals surface area (Å²) in [5.74, 6) is 0.435. The Kier molecular flexibility index (Phi) is 15.5. The van der Waals surface area contributed by atoms with E-state index in [2.05, 4.69) is 29.4 Å². The lowest BCUT2D eigenvalue weighted by Crippen LogP contribution is -2.34. The van der Waals surface area contributed by atoms with E-state index in [1.807, 2.05) is 0 Å². The van der Waals surface area contributed by atoms with E-state index in [9.17, 15) is 4.79 Å². The van der Waals surface area contributed by atoms with Gasteiger partial charge < -0.3 is 15.5 Å². The molecule has 1 heterocycles. The van der Waals surface area contributed by atoms with Gasteiger partial charge in [-0.3, -0.25) is 4.79 Å². The number of carbonyl (C=O) groups is 1. The van der Waals surface area contributed by atoms with Crippen LogP contribution >= 0.6 is 24.8 Å². The summed E-state index contributed by atoms with van der Waals surface area (Å²) < 4.78 is 0. The predicted molar refractivity (Wildman–Crippen MR) is 90.1 cm³/mol. The zero-order valence-electron chi connectivity index (χ0n) is 12.8. The van der Waals surface area contributed by atoms with Crippen molar-refractivity contribution in [3.05, 3.63) is 0 Å². The Bertz CT molecular complexity index is 230. The summed E-state index contributed by atoms with van der Waals surface area (Å²) in [5, 5.41) is 6.28. The maximum atomic E-state index is 11.8. The number of halogens is 2. The number of amides is 1. The number of hydrogen-bond donors (Lipinski definition) is 2. The van der Waals surface area contributed by atoms with Gasteiger partial charge in [-0.1, -0.05) is 13.8 Å². The van der Waals surface area contributed by atoms with E-state index < -0.39 is 0 Å². The largest absolute Gasteiger partial charge is 0.356 e. The third-order valence-corrected chi connectivity index (χ3v) is 3.46. The molecule has 2 N–H and O–H groups in total. The maximum absolute atomic E-state index is 11.8. The number of rotatable bonds is 9. The van der Waals surface area contributed by atoms with Gasteiger partial charge in [-0.25, -0.2) is 0 Å². The van der Waals surface area contributed by atoms with E-state index in [4.69, 9.17) is 0 Å². The molecule has 0 saturated carbocycles. The molecule has 0 radical (unpaired) electrons. The maximum Gasteiger partial charge on any atom is 0.224 e. The Hall–Kier alpha value is -0.0300. The Labute approximate surface area is 136 Å². The molecule has 0 aromatic carbocycles. The molecule has 122 valence electrons. The van der Waals surface area contributed by atoms with Crippen LogP contribution in [-0.2, 0) is 4.79 Å². The third-order valence-electron chi connectivity index (χ3n) is 3.46. The monoisotopic (exact) mass is 327 g/mol. The highest BCUT2D eigenvalue weighted by Gasteiger charge is 2.21. The summed E-state index contributed by atoms with van der Waals surface area (Å²) in [7, 11) is 0. The van der Waals surface area contributed by atoms with Crippen LogP contribution in [0.2, 0.25) is 0 Å². The van der Waals surface area contributed by atoms with Gasteiger partial charge in [0.2, 0.25) is 5.91 Å². The molecule has 6 heteroatoms. The minimum Gasteiger partial charge on any atom is -0.356 e. The van der Waals surface area contributed by atoms with Gasteiger partial charge in [0.1, 0.15) is 0 Å². The van der Waals surface area contributed by atoms with Crippen molar-refractivity contribution in [3.8, 4) is 0 Å². The molecule has 0 aromatic rings. The highest BCUT2D eigenvalue weighted by molar-refractivity contribution is 5.85. The Morgan fingerprint density at radius 2 is 1.85 bits per heavy atom. The minimum atomic E-state index is 0. The lowest BCUT2D eigenvalue weighted by molar-refractivity contribution is -0.124. The number of hydrogen-bond acceptors (Lipinski definition) is 3. The molecular weight excluding hydrogens is 297 g/mol. The SMILES string of the molecule is CCCN(CCC)CCCNC(=O)C1CCNC1.Cl.Cl. The fourth-order valence-electron chi connectivity index (χ4n) is 2.50. The van der Waals surface area contributed by atoms with Crippen LogP contribution in [0, 0.1) is 5.92 Å². The van der Waals surface area contributed by atoms with Crippen LogP contribution < -0.4 is 10.6 Å². The van der Waals surface area contributed by atoms with E-state index in [0.29, 0.717) is 0 Å². The summed E-state index contributed by atoms with van der Waals surface area (Å²) in [6.45, 7) is 10.5. The standard InChI is InChI=1S/C14H29N3O.2ClH/c1-3-9-17(10-4-2)11-5-7-16-14(18)13-6-8-15-12-13;;/h13,15H,3-12H2,1-2H3,(H,16,18);2*1H. The first-order chi connectivity index (χ1) is 8.77. The van der Waals surface area contributed by atoms with Crippen LogP contribution in [0.3, 0.4) is 0 Å². The average Bonchev–Trinajstić information content (AvgIpc) is 2.88. The highest BCUT2D eigenvalue weighted by Crippen LogP contribution is 2.06. The van der Waals surface area contributed by atoms with E-state index in [1.54, 1.807) is 0 Å². The van der Waals surface area contributed by atoms with Crippen molar-refractivity contribution in [2.24, 2.45) is 5.92 Å². The van der Waals surface area contributed by atoms with Gasteiger partial charge >= 0.3 is 0 Å². The quantitative estimate of drug-likeness (QED) is 0.637. The van der Waals surface area contributed by atoms with Crippen molar-refractivity contribution in [1.82, 2.24) is 15.5 Å². The van der Waals surface area contributed by atoms with Crippen molar-refractivity contribution in [2.75, 3.05) is 39.3 Å². The van der Waals surface area contributed by atoms with Crippen LogP contribution in [0.25, 0.3) is 0 Å². The molecule has 0 aromatic heterocycles. The van der Waals surface area contributed by atoms with Crippen LogP contribution in [0.4, 0.5) is 0 Å². The smallest absolute Gasteiger partial charge is 0.224 e. The molecule has 1 fully saturated rings. The Morgan fingerprint density at radius 3 is 2.35 bits per heavy atom. The fraction of sp³-hybridized carbons (Fsp3) is 0.929. The van der Waals surface area contributed by atoms with Crippen LogP contribution in [0.15, 0.2) is 0 Å². The van der Waals surface area contributed by atoms with Crippen molar-refractivity contribution in [3.63, 3.8) is 0 Å². The third kappa shape index (κ3) is 9.01. The van der Waals surface area contributed by atoms with E-state index in [0.717, 1.165) is 39.0 Å². The summed E-state index contributed by atoms with van der Waals surface area (Å²) in [5.41, 5.74) is 0. The number of nitrogens with one attached hydrogen (secondary N) is 2. The summed E-state index contributed by atoms with van der Waals surface area (Å²) in [6, 6.07) is 0. The van der Waals surface area contributed by atoms with E-state index in [-0.39, 0.29) is 36.6 Å². The predicted octanol–water partition coefficient (Wildman–Crippen LogP) is 2.07. The molecule has 4 nitrogen and oxygen atoms in total. The molecule has 1 saturated heterocycles. The zero-order valence-corrected chi connectivity index (χ0v) is 14.5. The Balaban J connectivity index is 0. The van der Waals surface area contributed by atoms with Gasteiger partial charge in [-0.15, -0.1) is 24.8 Å². The van der Waals surface area contributed by atoms with Crippen LogP contribution in [0.5, 0.6) is 0 Å². The molecule has 20 heavy (non-hydrogen) atoms. The molecular formula is C14H31Cl2N3O. The first-order valence-corrected chi connectivity index (χ1v) is 7.48. The first kappa shape index (κ1) is 22.3. The molecule has 1 rings (SSSR count). The molecule has 1 aliphatic heterocycles. The zero-order chi connectivity index (χ0) is 13.2. The van der Waals surface area contributed by atoms with Crippen molar-refractivity contribution >= 4 is 30.7 Å². The average molecular weight is 328 g/mol. The molecule has 1 aliphatic rings. The van der Waals surface area contributed by atoms with Gasteiger partial charge in [-0.2, -0.15) is 0 Å². The van der Waals surface area contributed by atoms with Gasteiger partial charge in [0.05, 0.1) is 5.92 Å². The second-order valence-electron chi connectivity index (χ2n) is 5.18. The minimum absolute atomic E-state index is 0. The summed E-state index contributed by atoms with van der Waals surface area (Å²) in [4.78, 5) is 14.3. The molecule has 0 bridgehead atoms. The summed E-state index contributed by atoms with van der Waals surface area (Å²) >= 11 is 0. The first-order valence-electron chi connectivity index (χ1n) is 7.48. The molecule has 0 spiro atoms. The van der Waals surface area contributed by atoms with Crippen molar-refractivity contribution in [1.29, 1.82) is 0 Å². The second kappa shape index (κ2) is 13.9. The lowest BCUT2D eigenvalue weighted by Gasteiger charge is -2.21. The Morgan fingerprint density at radius 1 is 1.20 bits per heavy atom. The van der Waals surface area contributed by atoms with Crippen LogP contribution in [0.1, 0.15) is 39.5 Å². The topological polar surface area (TPSA) is 44.4 Å². The number of carbonyl (C=O) groups excluding carboxylic acids is 1. The lowest BCUT2D eigenvalue weighted by atomic mass is 10.1. The van der Waals surface area contributed by atoms with Gasteiger partial charge in [-0.05, 0) is 51.9 Å². The molecule has 1 unspecified atom stereocenters. The van der Waals surface area contributed by atoms with Gasteiger partial charge in [0.15, 0.2) is 0 Å². The van der Waals surface area contributed by atoms with Crippen LogP contribution in [-0.4, -0.2) is 50.1 Å². The molecule has 1 amide bonds. The van der Waals surface area contributed by atoms with Crippen molar-refractivity contribution < 1.29 is 4.79 Å². The highest BCUT2D eigenvalue weighted by atomic mass is 35.5. The van der Waals surface area contributed by atoms with Gasteiger partial charge in [0, 0.05) is 13.1 Å². The fourth-order valence-corrected chi connectivity index (χ4v) is 2.50. The van der Waals surface area contributed by atoms with Gasteiger partial charge in [0.25, 0.3) is 0 Å². The normalized spacial score (nSPS) is 17.4.